The summed E-state index contributed by atoms with van der Waals surface area (Å²) in [6.45, 7) is 1.85. The van der Waals surface area contributed by atoms with E-state index in [1.165, 1.54) is 12.1 Å². The van der Waals surface area contributed by atoms with E-state index in [1.54, 1.807) is 13.1 Å². The van der Waals surface area contributed by atoms with Crippen molar-refractivity contribution in [2.45, 2.75) is 12.8 Å². The summed E-state index contributed by atoms with van der Waals surface area (Å²) in [4.78, 5) is 11.5. The molecule has 0 bridgehead atoms. The molecule has 0 saturated carbocycles. The number of hydrogen-bond acceptors (Lipinski definition) is 1. The molecule has 0 aromatic heterocycles. The standard InChI is InChI=1S/C14H14FNO/c1-9(14(17)16-2)10-3-4-12-8-13(15)6-5-11(12)7-10/h3-9H,1-2H3,(H,16,17). The van der Waals surface area contributed by atoms with E-state index in [9.17, 15) is 9.18 Å². The fourth-order valence-corrected chi connectivity index (χ4v) is 1.87. The summed E-state index contributed by atoms with van der Waals surface area (Å²) in [5.41, 5.74) is 0.934. The van der Waals surface area contributed by atoms with Crippen LogP contribution in [0.3, 0.4) is 0 Å². The summed E-state index contributed by atoms with van der Waals surface area (Å²) in [5, 5.41) is 4.41. The van der Waals surface area contributed by atoms with Crippen LogP contribution in [0, 0.1) is 5.82 Å². The molecule has 0 saturated heterocycles. The molecule has 0 fully saturated rings. The molecular weight excluding hydrogens is 217 g/mol. The highest BCUT2D eigenvalue weighted by Crippen LogP contribution is 2.22. The van der Waals surface area contributed by atoms with Crippen molar-refractivity contribution in [2.75, 3.05) is 7.05 Å². The molecule has 0 radical (unpaired) electrons. The fourth-order valence-electron chi connectivity index (χ4n) is 1.87. The first-order valence-corrected chi connectivity index (χ1v) is 5.52. The van der Waals surface area contributed by atoms with Crippen LogP contribution in [-0.4, -0.2) is 13.0 Å². The van der Waals surface area contributed by atoms with Gasteiger partial charge in [0.15, 0.2) is 0 Å². The van der Waals surface area contributed by atoms with E-state index in [0.717, 1.165) is 16.3 Å². The van der Waals surface area contributed by atoms with E-state index < -0.39 is 0 Å². The van der Waals surface area contributed by atoms with Gasteiger partial charge in [0.05, 0.1) is 5.92 Å². The number of rotatable bonds is 2. The molecule has 0 heterocycles. The Labute approximate surface area is 99.4 Å². The average Bonchev–Trinajstić information content (AvgIpc) is 2.36. The third-order valence-electron chi connectivity index (χ3n) is 2.97. The number of fused-ring (bicyclic) bond motifs is 1. The zero-order valence-corrected chi connectivity index (χ0v) is 9.83. The normalized spacial score (nSPS) is 12.4. The second kappa shape index (κ2) is 4.53. The van der Waals surface area contributed by atoms with Gasteiger partial charge in [0.25, 0.3) is 0 Å². The Morgan fingerprint density at radius 3 is 2.53 bits per heavy atom. The van der Waals surface area contributed by atoms with Gasteiger partial charge in [-0.3, -0.25) is 4.79 Å². The van der Waals surface area contributed by atoms with E-state index in [4.69, 9.17) is 0 Å². The number of carbonyl (C=O) groups is 1. The molecular formula is C14H14FNO. The molecule has 17 heavy (non-hydrogen) atoms. The third kappa shape index (κ3) is 2.28. The van der Waals surface area contributed by atoms with E-state index in [0.29, 0.717) is 0 Å². The van der Waals surface area contributed by atoms with Crippen LogP contribution in [0.15, 0.2) is 36.4 Å². The lowest BCUT2D eigenvalue weighted by Gasteiger charge is -2.11. The Morgan fingerprint density at radius 1 is 1.18 bits per heavy atom. The highest BCUT2D eigenvalue weighted by Gasteiger charge is 2.13. The molecule has 0 aliphatic rings. The van der Waals surface area contributed by atoms with Crippen molar-refractivity contribution < 1.29 is 9.18 Å². The van der Waals surface area contributed by atoms with E-state index in [2.05, 4.69) is 5.32 Å². The van der Waals surface area contributed by atoms with Crippen molar-refractivity contribution in [2.24, 2.45) is 0 Å². The zero-order chi connectivity index (χ0) is 12.4. The van der Waals surface area contributed by atoms with Gasteiger partial charge in [-0.2, -0.15) is 0 Å². The highest BCUT2D eigenvalue weighted by molar-refractivity contribution is 5.87. The van der Waals surface area contributed by atoms with Crippen molar-refractivity contribution >= 4 is 16.7 Å². The van der Waals surface area contributed by atoms with Crippen LogP contribution in [0.25, 0.3) is 10.8 Å². The molecule has 1 amide bonds. The van der Waals surface area contributed by atoms with Gasteiger partial charge in [-0.25, -0.2) is 4.39 Å². The topological polar surface area (TPSA) is 29.1 Å². The lowest BCUT2D eigenvalue weighted by Crippen LogP contribution is -2.23. The van der Waals surface area contributed by atoms with Gasteiger partial charge < -0.3 is 5.32 Å². The van der Waals surface area contributed by atoms with Crippen molar-refractivity contribution in [1.29, 1.82) is 0 Å². The molecule has 2 rings (SSSR count). The molecule has 1 unspecified atom stereocenters. The smallest absolute Gasteiger partial charge is 0.227 e. The maximum atomic E-state index is 13.0. The molecule has 1 atom stereocenters. The Bertz CT molecular complexity index is 565. The maximum Gasteiger partial charge on any atom is 0.227 e. The average molecular weight is 231 g/mol. The molecule has 0 spiro atoms. The quantitative estimate of drug-likeness (QED) is 0.846. The van der Waals surface area contributed by atoms with Gasteiger partial charge in [-0.05, 0) is 35.4 Å². The SMILES string of the molecule is CNC(=O)C(C)c1ccc2cc(F)ccc2c1. The highest BCUT2D eigenvalue weighted by atomic mass is 19.1. The number of benzene rings is 2. The minimum atomic E-state index is -0.246. The van der Waals surface area contributed by atoms with Gasteiger partial charge in [0, 0.05) is 7.05 Å². The van der Waals surface area contributed by atoms with Gasteiger partial charge in [-0.1, -0.05) is 24.3 Å². The number of hydrogen-bond donors (Lipinski definition) is 1. The number of amides is 1. The molecule has 2 nitrogen and oxygen atoms in total. The van der Waals surface area contributed by atoms with E-state index in [1.807, 2.05) is 25.1 Å². The predicted molar refractivity (Wildman–Crippen MR) is 66.4 cm³/mol. The van der Waals surface area contributed by atoms with Gasteiger partial charge in [0.2, 0.25) is 5.91 Å². The molecule has 88 valence electrons. The molecule has 0 aliphatic heterocycles. The first-order valence-electron chi connectivity index (χ1n) is 5.52. The maximum absolute atomic E-state index is 13.0. The van der Waals surface area contributed by atoms with Crippen LogP contribution in [-0.2, 0) is 4.79 Å². The number of nitrogens with one attached hydrogen (secondary N) is 1. The van der Waals surface area contributed by atoms with Crippen LogP contribution in [0.4, 0.5) is 4.39 Å². The van der Waals surface area contributed by atoms with Crippen LogP contribution in [0.1, 0.15) is 18.4 Å². The molecule has 2 aromatic carbocycles. The molecule has 0 aliphatic carbocycles. The van der Waals surface area contributed by atoms with Gasteiger partial charge >= 0.3 is 0 Å². The van der Waals surface area contributed by atoms with Crippen LogP contribution < -0.4 is 5.32 Å². The summed E-state index contributed by atoms with van der Waals surface area (Å²) in [6, 6.07) is 10.3. The summed E-state index contributed by atoms with van der Waals surface area (Å²) in [7, 11) is 1.62. The van der Waals surface area contributed by atoms with Crippen LogP contribution >= 0.6 is 0 Å². The van der Waals surface area contributed by atoms with E-state index in [-0.39, 0.29) is 17.6 Å². The Balaban J connectivity index is 2.44. The Hall–Kier alpha value is -1.90. The zero-order valence-electron chi connectivity index (χ0n) is 9.83. The molecule has 3 heteroatoms. The second-order valence-electron chi connectivity index (χ2n) is 4.09. The Morgan fingerprint density at radius 2 is 1.82 bits per heavy atom. The van der Waals surface area contributed by atoms with Crippen molar-refractivity contribution in [3.05, 3.63) is 47.8 Å². The third-order valence-corrected chi connectivity index (χ3v) is 2.97. The number of likely N-dealkylation sites (N-methyl/N-ethyl adjacent to an activating group) is 1. The van der Waals surface area contributed by atoms with E-state index >= 15 is 0 Å². The summed E-state index contributed by atoms with van der Waals surface area (Å²) < 4.78 is 13.0. The van der Waals surface area contributed by atoms with Gasteiger partial charge in [-0.15, -0.1) is 0 Å². The minimum absolute atomic E-state index is 0.0218. The fraction of sp³-hybridized carbons (Fsp3) is 0.214. The van der Waals surface area contributed by atoms with Crippen LogP contribution in [0.2, 0.25) is 0 Å². The predicted octanol–water partition coefficient (Wildman–Crippen LogP) is 2.83. The minimum Gasteiger partial charge on any atom is -0.359 e. The van der Waals surface area contributed by atoms with Crippen LogP contribution in [0.5, 0.6) is 0 Å². The lowest BCUT2D eigenvalue weighted by atomic mass is 9.97. The molecule has 1 N–H and O–H groups in total. The molecule has 2 aromatic rings. The van der Waals surface area contributed by atoms with Gasteiger partial charge in [0.1, 0.15) is 5.82 Å². The largest absolute Gasteiger partial charge is 0.359 e. The first kappa shape index (κ1) is 11.6. The summed E-state index contributed by atoms with van der Waals surface area (Å²) in [6.07, 6.45) is 0. The second-order valence-corrected chi connectivity index (χ2v) is 4.09. The summed E-state index contributed by atoms with van der Waals surface area (Å²) in [5.74, 6) is -0.467. The van der Waals surface area contributed by atoms with Crippen molar-refractivity contribution in [3.8, 4) is 0 Å². The number of halogens is 1. The Kier molecular flexibility index (Phi) is 3.09. The first-order chi connectivity index (χ1) is 8.11. The monoisotopic (exact) mass is 231 g/mol. The number of carbonyl (C=O) groups excluding carboxylic acids is 1. The van der Waals surface area contributed by atoms with Crippen molar-refractivity contribution in [1.82, 2.24) is 5.32 Å². The summed E-state index contributed by atoms with van der Waals surface area (Å²) >= 11 is 0. The lowest BCUT2D eigenvalue weighted by molar-refractivity contribution is -0.121. The van der Waals surface area contributed by atoms with Crippen molar-refractivity contribution in [3.63, 3.8) is 0 Å².